The number of aromatic nitrogens is 2. The van der Waals surface area contributed by atoms with Gasteiger partial charge in [-0.3, -0.25) is 4.79 Å². The number of halogens is 3. The molecule has 1 aromatic heterocycles. The lowest BCUT2D eigenvalue weighted by molar-refractivity contribution is -0.167. The van der Waals surface area contributed by atoms with Crippen LogP contribution in [0.1, 0.15) is 17.3 Å². The van der Waals surface area contributed by atoms with Crippen molar-refractivity contribution in [1.29, 1.82) is 0 Å². The molecule has 1 aromatic carbocycles. The molecule has 10 heteroatoms. The average Bonchev–Trinajstić information content (AvgIpc) is 2.91. The zero-order valence-corrected chi connectivity index (χ0v) is 12.3. The molecule has 0 saturated heterocycles. The van der Waals surface area contributed by atoms with E-state index >= 15 is 0 Å². The zero-order valence-electron chi connectivity index (χ0n) is 12.3. The Morgan fingerprint density at radius 3 is 2.42 bits per heavy atom. The van der Waals surface area contributed by atoms with E-state index in [2.05, 4.69) is 5.10 Å². The topological polar surface area (TPSA) is 93.5 Å². The first-order valence-electron chi connectivity index (χ1n) is 6.66. The van der Waals surface area contributed by atoms with Crippen molar-refractivity contribution < 1.29 is 32.6 Å². The Morgan fingerprint density at radius 2 is 1.92 bits per heavy atom. The Morgan fingerprint density at radius 1 is 1.29 bits per heavy atom. The van der Waals surface area contributed by atoms with Crippen LogP contribution in [-0.4, -0.2) is 39.5 Å². The maximum absolute atomic E-state index is 12.4. The van der Waals surface area contributed by atoms with Crippen molar-refractivity contribution in [1.82, 2.24) is 9.78 Å². The number of benzene rings is 1. The van der Waals surface area contributed by atoms with Crippen LogP contribution in [-0.2, 0) is 4.79 Å². The second-order valence-electron chi connectivity index (χ2n) is 4.50. The molecule has 0 radical (unpaired) electrons. The highest BCUT2D eigenvalue weighted by Gasteiger charge is 2.40. The molecule has 0 aliphatic heterocycles. The third-order valence-corrected chi connectivity index (χ3v) is 2.88. The Kier molecular flexibility index (Phi) is 4.77. The van der Waals surface area contributed by atoms with Crippen molar-refractivity contribution in [2.75, 3.05) is 11.9 Å². The van der Waals surface area contributed by atoms with Gasteiger partial charge in [-0.25, -0.2) is 9.48 Å². The number of nitrogens with zero attached hydrogens (tertiary/aromatic N) is 2. The van der Waals surface area contributed by atoms with Crippen LogP contribution in [0.3, 0.4) is 0 Å². The summed E-state index contributed by atoms with van der Waals surface area (Å²) in [5.41, 5.74) is -0.315. The summed E-state index contributed by atoms with van der Waals surface area (Å²) >= 11 is 0. The first kappa shape index (κ1) is 17.3. The summed E-state index contributed by atoms with van der Waals surface area (Å²) in [6.07, 6.45) is -4.31. The number of amides is 1. The largest absolute Gasteiger partial charge is 0.494 e. The highest BCUT2D eigenvalue weighted by Crippen LogP contribution is 2.25. The van der Waals surface area contributed by atoms with Gasteiger partial charge < -0.3 is 15.2 Å². The van der Waals surface area contributed by atoms with Crippen molar-refractivity contribution in [3.05, 3.63) is 36.0 Å². The zero-order chi connectivity index (χ0) is 17.9. The number of carboxylic acids is 1. The molecule has 0 fully saturated rings. The molecular formula is C14H12F3N3O4. The first-order valence-corrected chi connectivity index (χ1v) is 6.66. The van der Waals surface area contributed by atoms with Gasteiger partial charge in [-0.05, 0) is 31.2 Å². The predicted octanol–water partition coefficient (Wildman–Crippen LogP) is 2.47. The van der Waals surface area contributed by atoms with E-state index in [0.29, 0.717) is 12.4 Å². The molecule has 1 amide bonds. The molecule has 7 nitrogen and oxygen atoms in total. The molecule has 128 valence electrons. The molecule has 0 spiro atoms. The lowest BCUT2D eigenvalue weighted by atomic mass is 10.3. The summed E-state index contributed by atoms with van der Waals surface area (Å²) < 4.78 is 43.4. The van der Waals surface area contributed by atoms with Crippen LogP contribution in [0, 0.1) is 0 Å². The van der Waals surface area contributed by atoms with Gasteiger partial charge in [-0.2, -0.15) is 18.3 Å². The number of rotatable bonds is 5. The van der Waals surface area contributed by atoms with Gasteiger partial charge >= 0.3 is 18.1 Å². The summed E-state index contributed by atoms with van der Waals surface area (Å²) in [6.45, 7) is 2.21. The summed E-state index contributed by atoms with van der Waals surface area (Å²) in [4.78, 5) is 22.3. The summed E-state index contributed by atoms with van der Waals surface area (Å²) in [7, 11) is 0. The van der Waals surface area contributed by atoms with E-state index < -0.39 is 29.4 Å². The molecule has 0 saturated carbocycles. The standard InChI is InChI=1S/C14H12F3N3O4/c1-2-24-9-5-3-8(4-6-9)20-11(10(7-18-20)12(21)22)19-13(23)14(15,16)17/h3-7H,2H2,1H3,(H,19,23)(H,21,22). The van der Waals surface area contributed by atoms with E-state index in [-0.39, 0.29) is 5.69 Å². The third-order valence-electron chi connectivity index (χ3n) is 2.88. The number of aromatic carboxylic acids is 1. The van der Waals surface area contributed by atoms with Crippen molar-refractivity contribution in [3.8, 4) is 11.4 Å². The number of carbonyl (C=O) groups is 2. The van der Waals surface area contributed by atoms with Crippen molar-refractivity contribution in [2.24, 2.45) is 0 Å². The molecule has 1 heterocycles. The maximum atomic E-state index is 12.4. The third kappa shape index (κ3) is 3.65. The Hall–Kier alpha value is -3.04. The lowest BCUT2D eigenvalue weighted by Crippen LogP contribution is -2.31. The second-order valence-corrected chi connectivity index (χ2v) is 4.50. The van der Waals surface area contributed by atoms with Crippen LogP contribution in [0.15, 0.2) is 30.5 Å². The molecule has 0 unspecified atom stereocenters. The number of carbonyl (C=O) groups excluding carboxylic acids is 1. The molecule has 2 aromatic rings. The van der Waals surface area contributed by atoms with E-state index in [9.17, 15) is 22.8 Å². The van der Waals surface area contributed by atoms with Gasteiger partial charge in [0.2, 0.25) is 0 Å². The first-order chi connectivity index (χ1) is 11.2. The van der Waals surface area contributed by atoms with Crippen LogP contribution in [0.2, 0.25) is 0 Å². The van der Waals surface area contributed by atoms with Gasteiger partial charge in [0.1, 0.15) is 11.3 Å². The Balaban J connectivity index is 2.43. The van der Waals surface area contributed by atoms with Gasteiger partial charge in [0.25, 0.3) is 0 Å². The monoisotopic (exact) mass is 343 g/mol. The number of hydrogen-bond acceptors (Lipinski definition) is 4. The summed E-state index contributed by atoms with van der Waals surface area (Å²) in [6, 6.07) is 6.01. The van der Waals surface area contributed by atoms with Gasteiger partial charge in [0, 0.05) is 0 Å². The summed E-state index contributed by atoms with van der Waals surface area (Å²) in [5, 5.41) is 14.3. The van der Waals surface area contributed by atoms with Gasteiger partial charge in [0.15, 0.2) is 5.82 Å². The van der Waals surface area contributed by atoms with Crippen LogP contribution in [0.5, 0.6) is 5.75 Å². The minimum Gasteiger partial charge on any atom is -0.494 e. The van der Waals surface area contributed by atoms with Crippen LogP contribution < -0.4 is 10.1 Å². The van der Waals surface area contributed by atoms with E-state index in [4.69, 9.17) is 9.84 Å². The number of hydrogen-bond donors (Lipinski definition) is 2. The maximum Gasteiger partial charge on any atom is 0.471 e. The molecule has 24 heavy (non-hydrogen) atoms. The van der Waals surface area contributed by atoms with E-state index in [1.54, 1.807) is 12.2 Å². The van der Waals surface area contributed by atoms with E-state index in [0.717, 1.165) is 10.9 Å². The second kappa shape index (κ2) is 6.60. The van der Waals surface area contributed by atoms with Crippen molar-refractivity contribution >= 4 is 17.7 Å². The van der Waals surface area contributed by atoms with E-state index in [1.165, 1.54) is 24.3 Å². The van der Waals surface area contributed by atoms with Crippen LogP contribution in [0.4, 0.5) is 19.0 Å². The van der Waals surface area contributed by atoms with Crippen molar-refractivity contribution in [2.45, 2.75) is 13.1 Å². The number of anilines is 1. The fourth-order valence-corrected chi connectivity index (χ4v) is 1.85. The molecule has 0 bridgehead atoms. The Bertz CT molecular complexity index is 754. The normalized spacial score (nSPS) is 11.2. The number of ether oxygens (including phenoxy) is 1. The predicted molar refractivity (Wildman–Crippen MR) is 76.4 cm³/mol. The number of nitrogens with one attached hydrogen (secondary N) is 1. The Labute approximate surface area is 133 Å². The smallest absolute Gasteiger partial charge is 0.471 e. The van der Waals surface area contributed by atoms with Crippen LogP contribution >= 0.6 is 0 Å². The van der Waals surface area contributed by atoms with Crippen LogP contribution in [0.25, 0.3) is 5.69 Å². The molecule has 0 aliphatic rings. The van der Waals surface area contributed by atoms with Gasteiger partial charge in [0.05, 0.1) is 18.5 Å². The van der Waals surface area contributed by atoms with Crippen molar-refractivity contribution in [3.63, 3.8) is 0 Å². The van der Waals surface area contributed by atoms with E-state index in [1.807, 2.05) is 0 Å². The minimum absolute atomic E-state index is 0.253. The SMILES string of the molecule is CCOc1ccc(-n2ncc(C(=O)O)c2NC(=O)C(F)(F)F)cc1. The fraction of sp³-hybridized carbons (Fsp3) is 0.214. The quantitative estimate of drug-likeness (QED) is 0.870. The summed E-state index contributed by atoms with van der Waals surface area (Å²) in [5.74, 6) is -3.89. The molecule has 0 aliphatic carbocycles. The average molecular weight is 343 g/mol. The number of carboxylic acid groups (broad SMARTS) is 1. The molecular weight excluding hydrogens is 331 g/mol. The fourth-order valence-electron chi connectivity index (χ4n) is 1.85. The highest BCUT2D eigenvalue weighted by atomic mass is 19.4. The molecule has 2 N–H and O–H groups in total. The van der Waals surface area contributed by atoms with Gasteiger partial charge in [-0.15, -0.1) is 0 Å². The van der Waals surface area contributed by atoms with Gasteiger partial charge in [-0.1, -0.05) is 0 Å². The highest BCUT2D eigenvalue weighted by molar-refractivity contribution is 6.01. The molecule has 2 rings (SSSR count). The minimum atomic E-state index is -5.16. The number of alkyl halides is 3. The lowest BCUT2D eigenvalue weighted by Gasteiger charge is -2.12. The molecule has 0 atom stereocenters.